The van der Waals surface area contributed by atoms with Gasteiger partial charge in [-0.2, -0.15) is 4.31 Å². The maximum Gasteiger partial charge on any atom is 0.246 e. The average Bonchev–Trinajstić information content (AvgIpc) is 3.45. The molecule has 8 nitrogen and oxygen atoms in total. The molecule has 0 saturated carbocycles. The van der Waals surface area contributed by atoms with Crippen LogP contribution in [0.15, 0.2) is 41.3 Å². The minimum absolute atomic E-state index is 0.154. The van der Waals surface area contributed by atoms with Crippen LogP contribution in [0.5, 0.6) is 0 Å². The van der Waals surface area contributed by atoms with E-state index in [0.29, 0.717) is 30.3 Å². The number of carbonyl (C=O) groups is 2. The number of sulfonamides is 1. The monoisotopic (exact) mass is 484 g/mol. The zero-order valence-corrected chi connectivity index (χ0v) is 19.8. The zero-order valence-electron chi connectivity index (χ0n) is 18.2. The number of benzene rings is 2. The fourth-order valence-corrected chi connectivity index (χ4v) is 6.88. The van der Waals surface area contributed by atoms with E-state index >= 15 is 0 Å². The van der Waals surface area contributed by atoms with E-state index in [1.54, 1.807) is 12.1 Å². The number of anilines is 2. The first-order chi connectivity index (χ1) is 15.8. The quantitative estimate of drug-likeness (QED) is 0.599. The largest absolute Gasteiger partial charge is 0.303 e. The van der Waals surface area contributed by atoms with E-state index in [4.69, 9.17) is 0 Å². The van der Waals surface area contributed by atoms with Gasteiger partial charge in [-0.05, 0) is 67.6 Å². The van der Waals surface area contributed by atoms with Gasteiger partial charge >= 0.3 is 0 Å². The van der Waals surface area contributed by atoms with Crippen LogP contribution in [0.4, 0.5) is 10.8 Å². The summed E-state index contributed by atoms with van der Waals surface area (Å²) >= 11 is 1.39. The van der Waals surface area contributed by atoms with Crippen molar-refractivity contribution >= 4 is 54.2 Å². The second-order valence-corrected chi connectivity index (χ2v) is 11.4. The highest BCUT2D eigenvalue weighted by Crippen LogP contribution is 2.32. The van der Waals surface area contributed by atoms with Gasteiger partial charge in [0.25, 0.3) is 0 Å². The summed E-state index contributed by atoms with van der Waals surface area (Å²) in [6.07, 6.45) is 2.42. The molecule has 0 spiro atoms. The Kier molecular flexibility index (Phi) is 5.67. The van der Waals surface area contributed by atoms with Crippen LogP contribution in [-0.2, 0) is 26.0 Å². The van der Waals surface area contributed by atoms with Crippen molar-refractivity contribution in [2.75, 3.05) is 29.9 Å². The van der Waals surface area contributed by atoms with Crippen molar-refractivity contribution in [1.82, 2.24) is 9.29 Å². The van der Waals surface area contributed by atoms with Crippen molar-refractivity contribution in [2.24, 2.45) is 0 Å². The van der Waals surface area contributed by atoms with E-state index < -0.39 is 10.0 Å². The Morgan fingerprint density at radius 2 is 1.91 bits per heavy atom. The first-order valence-corrected chi connectivity index (χ1v) is 13.2. The third-order valence-electron chi connectivity index (χ3n) is 6.05. The molecule has 1 N–H and O–H groups in total. The van der Waals surface area contributed by atoms with E-state index in [-0.39, 0.29) is 29.7 Å². The summed E-state index contributed by atoms with van der Waals surface area (Å²) in [5.74, 6) is -0.506. The Hall–Kier alpha value is -2.82. The van der Waals surface area contributed by atoms with Gasteiger partial charge < -0.3 is 10.2 Å². The third kappa shape index (κ3) is 4.25. The van der Waals surface area contributed by atoms with Crippen LogP contribution in [0.25, 0.3) is 10.2 Å². The molecule has 5 rings (SSSR count). The molecule has 2 amide bonds. The molecule has 0 unspecified atom stereocenters. The Morgan fingerprint density at radius 1 is 1.12 bits per heavy atom. The van der Waals surface area contributed by atoms with Crippen LogP contribution in [0.3, 0.4) is 0 Å². The normalized spacial score (nSPS) is 16.9. The molecule has 3 heterocycles. The van der Waals surface area contributed by atoms with E-state index in [1.807, 2.05) is 25.1 Å². The summed E-state index contributed by atoms with van der Waals surface area (Å²) in [6.45, 7) is 2.92. The molecule has 0 bridgehead atoms. The predicted molar refractivity (Wildman–Crippen MR) is 128 cm³/mol. The summed E-state index contributed by atoms with van der Waals surface area (Å²) in [5, 5.41) is 3.28. The number of rotatable bonds is 5. The molecule has 33 heavy (non-hydrogen) atoms. The first kappa shape index (κ1) is 22.0. The van der Waals surface area contributed by atoms with Crippen molar-refractivity contribution in [1.29, 1.82) is 0 Å². The second kappa shape index (κ2) is 8.51. The lowest BCUT2D eigenvalue weighted by atomic mass is 10.0. The Balaban J connectivity index is 1.35. The SMILES string of the molecule is Cc1ccc2nc(NC(=O)CN3C(=O)CCc4cc(S(=O)(=O)N5CCCC5)ccc43)sc2c1. The highest BCUT2D eigenvalue weighted by Gasteiger charge is 2.31. The fraction of sp³-hybridized carbons (Fsp3) is 0.348. The van der Waals surface area contributed by atoms with E-state index in [1.165, 1.54) is 26.6 Å². The lowest BCUT2D eigenvalue weighted by molar-refractivity contribution is -0.121. The van der Waals surface area contributed by atoms with Crippen LogP contribution in [0.2, 0.25) is 0 Å². The molecule has 2 aromatic carbocycles. The summed E-state index contributed by atoms with van der Waals surface area (Å²) in [5.41, 5.74) is 3.28. The predicted octanol–water partition coefficient (Wildman–Crippen LogP) is 3.31. The molecule has 172 valence electrons. The van der Waals surface area contributed by atoms with Crippen LogP contribution < -0.4 is 10.2 Å². The smallest absolute Gasteiger partial charge is 0.246 e. The molecule has 0 radical (unpaired) electrons. The number of amides is 2. The number of aromatic nitrogens is 1. The van der Waals surface area contributed by atoms with Crippen LogP contribution in [0.1, 0.15) is 30.4 Å². The summed E-state index contributed by atoms with van der Waals surface area (Å²) in [6, 6.07) is 10.7. The number of fused-ring (bicyclic) bond motifs is 2. The zero-order chi connectivity index (χ0) is 23.2. The molecule has 2 aliphatic heterocycles. The van der Waals surface area contributed by atoms with E-state index in [2.05, 4.69) is 10.3 Å². The lowest BCUT2D eigenvalue weighted by Gasteiger charge is -2.29. The van der Waals surface area contributed by atoms with Gasteiger partial charge in [0, 0.05) is 25.2 Å². The van der Waals surface area contributed by atoms with Gasteiger partial charge in [0.15, 0.2) is 5.13 Å². The Bertz CT molecular complexity index is 1360. The van der Waals surface area contributed by atoms with E-state index in [9.17, 15) is 18.0 Å². The molecule has 1 fully saturated rings. The second-order valence-electron chi connectivity index (χ2n) is 8.42. The Morgan fingerprint density at radius 3 is 2.70 bits per heavy atom. The number of thiazole rings is 1. The van der Waals surface area contributed by atoms with Crippen molar-refractivity contribution in [3.05, 3.63) is 47.5 Å². The fourth-order valence-electron chi connectivity index (χ4n) is 4.34. The van der Waals surface area contributed by atoms with Gasteiger partial charge in [0.2, 0.25) is 21.8 Å². The molecule has 3 aromatic rings. The van der Waals surface area contributed by atoms with Crippen LogP contribution >= 0.6 is 11.3 Å². The molecule has 10 heteroatoms. The summed E-state index contributed by atoms with van der Waals surface area (Å²) < 4.78 is 28.3. The molecular weight excluding hydrogens is 460 g/mol. The van der Waals surface area contributed by atoms with Crippen LogP contribution in [0, 0.1) is 6.92 Å². The third-order valence-corrected chi connectivity index (χ3v) is 8.87. The van der Waals surface area contributed by atoms with Gasteiger partial charge in [-0.1, -0.05) is 17.4 Å². The van der Waals surface area contributed by atoms with Crippen LogP contribution in [-0.4, -0.2) is 49.2 Å². The highest BCUT2D eigenvalue weighted by atomic mass is 32.2. The molecule has 1 saturated heterocycles. The number of hydrogen-bond acceptors (Lipinski definition) is 6. The minimum atomic E-state index is -3.54. The van der Waals surface area contributed by atoms with Gasteiger partial charge in [-0.25, -0.2) is 13.4 Å². The summed E-state index contributed by atoms with van der Waals surface area (Å²) in [7, 11) is -3.54. The maximum absolute atomic E-state index is 12.9. The van der Waals surface area contributed by atoms with Gasteiger partial charge in [0.1, 0.15) is 6.54 Å². The van der Waals surface area contributed by atoms with Crippen molar-refractivity contribution < 1.29 is 18.0 Å². The minimum Gasteiger partial charge on any atom is -0.303 e. The number of nitrogens with one attached hydrogen (secondary N) is 1. The molecule has 2 aliphatic rings. The highest BCUT2D eigenvalue weighted by molar-refractivity contribution is 7.89. The van der Waals surface area contributed by atoms with Gasteiger partial charge in [-0.3, -0.25) is 9.59 Å². The number of nitrogens with zero attached hydrogens (tertiary/aromatic N) is 3. The van der Waals surface area contributed by atoms with Crippen molar-refractivity contribution in [3.8, 4) is 0 Å². The summed E-state index contributed by atoms with van der Waals surface area (Å²) in [4.78, 5) is 31.5. The molecule has 1 aromatic heterocycles. The lowest BCUT2D eigenvalue weighted by Crippen LogP contribution is -2.41. The number of hydrogen-bond donors (Lipinski definition) is 1. The Labute approximate surface area is 196 Å². The molecule has 0 atom stereocenters. The van der Waals surface area contributed by atoms with Gasteiger partial charge in [-0.15, -0.1) is 0 Å². The van der Waals surface area contributed by atoms with Crippen molar-refractivity contribution in [3.63, 3.8) is 0 Å². The van der Waals surface area contributed by atoms with Gasteiger partial charge in [0.05, 0.1) is 15.1 Å². The molecular formula is C23H24N4O4S2. The average molecular weight is 485 g/mol. The number of carbonyl (C=O) groups excluding carboxylic acids is 2. The standard InChI is InChI=1S/C23H24N4O4S2/c1-15-4-7-18-20(12-15)32-23(24-18)25-21(28)14-27-19-8-6-17(13-16(19)5-9-22(27)29)33(30,31)26-10-2-3-11-26/h4,6-8,12-13H,2-3,5,9-11,14H2,1H3,(H,24,25,28). The van der Waals surface area contributed by atoms with E-state index in [0.717, 1.165) is 34.2 Å². The first-order valence-electron chi connectivity index (χ1n) is 10.9. The maximum atomic E-state index is 12.9. The topological polar surface area (TPSA) is 99.7 Å². The molecule has 0 aliphatic carbocycles. The van der Waals surface area contributed by atoms with Crippen molar-refractivity contribution in [2.45, 2.75) is 37.5 Å². The number of aryl methyl sites for hydroxylation is 2.